The Morgan fingerprint density at radius 1 is 1.26 bits per heavy atom. The third-order valence-corrected chi connectivity index (χ3v) is 4.30. The summed E-state index contributed by atoms with van der Waals surface area (Å²) in [7, 11) is 2.30. The van der Waals surface area contributed by atoms with Crippen molar-refractivity contribution < 1.29 is 26.9 Å². The summed E-state index contributed by atoms with van der Waals surface area (Å²) < 4.78 is 33.6. The molecule has 0 spiro atoms. The van der Waals surface area contributed by atoms with E-state index < -0.39 is 27.9 Å². The van der Waals surface area contributed by atoms with Crippen molar-refractivity contribution in [2.24, 2.45) is 0 Å². The maximum absolute atomic E-state index is 12.1. The zero-order valence-electron chi connectivity index (χ0n) is 12.9. The van der Waals surface area contributed by atoms with E-state index >= 15 is 0 Å². The maximum atomic E-state index is 12.1. The molecule has 124 valence electrons. The van der Waals surface area contributed by atoms with E-state index in [1.165, 1.54) is 19.2 Å². The van der Waals surface area contributed by atoms with E-state index in [1.54, 1.807) is 12.1 Å². The molecular formula is C14H18BNO6S. The van der Waals surface area contributed by atoms with Crippen molar-refractivity contribution in [3.63, 3.8) is 0 Å². The van der Waals surface area contributed by atoms with Crippen LogP contribution in [0.3, 0.4) is 0 Å². The van der Waals surface area contributed by atoms with Crippen LogP contribution in [0.15, 0.2) is 29.2 Å². The number of methoxy groups -OCH3 is 1. The van der Waals surface area contributed by atoms with Crippen LogP contribution in [0.4, 0.5) is 4.79 Å². The molecule has 0 heterocycles. The molecule has 0 saturated heterocycles. The van der Waals surface area contributed by atoms with Gasteiger partial charge in [0, 0.05) is 6.42 Å². The van der Waals surface area contributed by atoms with Crippen molar-refractivity contribution in [1.29, 1.82) is 0 Å². The van der Waals surface area contributed by atoms with E-state index in [0.29, 0.717) is 0 Å². The van der Waals surface area contributed by atoms with E-state index in [9.17, 15) is 18.0 Å². The summed E-state index contributed by atoms with van der Waals surface area (Å²) >= 11 is 0. The smallest absolute Gasteiger partial charge is 0.305 e. The van der Waals surface area contributed by atoms with Crippen LogP contribution < -0.4 is 5.32 Å². The molecule has 0 aliphatic heterocycles. The average molecular weight is 339 g/mol. The highest BCUT2D eigenvalue weighted by Gasteiger charge is 2.19. The van der Waals surface area contributed by atoms with Gasteiger partial charge < -0.3 is 10.1 Å². The average Bonchev–Trinajstić information content (AvgIpc) is 2.49. The monoisotopic (exact) mass is 339 g/mol. The van der Waals surface area contributed by atoms with Gasteiger partial charge in [-0.15, -0.1) is 0 Å². The molecule has 2 radical (unpaired) electrons. The summed E-state index contributed by atoms with van der Waals surface area (Å²) in [5.41, 5.74) is 0.912. The molecule has 0 aliphatic rings. The lowest BCUT2D eigenvalue weighted by molar-refractivity contribution is -0.140. The Balaban J connectivity index is 2.69. The zero-order valence-corrected chi connectivity index (χ0v) is 13.8. The van der Waals surface area contributed by atoms with Crippen LogP contribution >= 0.6 is 0 Å². The van der Waals surface area contributed by atoms with Crippen LogP contribution in [-0.2, 0) is 23.8 Å². The Kier molecular flexibility index (Phi) is 7.24. The number of carbonyl (C=O) groups excluding carboxylic acids is 2. The van der Waals surface area contributed by atoms with Crippen LogP contribution in [0.2, 0.25) is 0 Å². The highest BCUT2D eigenvalue weighted by molar-refractivity contribution is 7.86. The van der Waals surface area contributed by atoms with E-state index in [2.05, 4.69) is 10.1 Å². The van der Waals surface area contributed by atoms with Crippen molar-refractivity contribution in [3.8, 4) is 0 Å². The first-order valence-corrected chi connectivity index (χ1v) is 8.24. The van der Waals surface area contributed by atoms with Crippen LogP contribution in [-0.4, -0.2) is 47.8 Å². The fraction of sp³-hybridized carbons (Fsp3) is 0.429. The van der Waals surface area contributed by atoms with Gasteiger partial charge in [-0.25, -0.2) is 0 Å². The van der Waals surface area contributed by atoms with Crippen molar-refractivity contribution in [3.05, 3.63) is 29.8 Å². The second-order valence-electron chi connectivity index (χ2n) is 4.87. The minimum absolute atomic E-state index is 0.00458. The summed E-state index contributed by atoms with van der Waals surface area (Å²) in [5, 5.41) is 2.33. The predicted octanol–water partition coefficient (Wildman–Crippen LogP) is 0.900. The second-order valence-corrected chi connectivity index (χ2v) is 6.49. The number of benzene rings is 1. The quantitative estimate of drug-likeness (QED) is 0.429. The van der Waals surface area contributed by atoms with Crippen molar-refractivity contribution >= 4 is 29.7 Å². The number of rotatable bonds is 8. The van der Waals surface area contributed by atoms with Crippen molar-refractivity contribution in [2.45, 2.75) is 30.7 Å². The largest absolute Gasteiger partial charge is 0.469 e. The predicted molar refractivity (Wildman–Crippen MR) is 83.6 cm³/mol. The molecule has 1 amide bonds. The topological polar surface area (TPSA) is 98.8 Å². The van der Waals surface area contributed by atoms with Gasteiger partial charge in [0.1, 0.15) is 0 Å². The summed E-state index contributed by atoms with van der Waals surface area (Å²) in [5.74, 6) is -1.32. The molecule has 0 fully saturated rings. The van der Waals surface area contributed by atoms with Crippen LogP contribution in [0.25, 0.3) is 0 Å². The first-order chi connectivity index (χ1) is 10.7. The van der Waals surface area contributed by atoms with Gasteiger partial charge in [-0.3, -0.25) is 13.8 Å². The second kappa shape index (κ2) is 8.69. The molecular weight excluding hydrogens is 321 g/mol. The van der Waals surface area contributed by atoms with E-state index in [0.717, 1.165) is 5.56 Å². The highest BCUT2D eigenvalue weighted by Crippen LogP contribution is 2.14. The molecule has 23 heavy (non-hydrogen) atoms. The van der Waals surface area contributed by atoms with E-state index in [1.807, 2.05) is 6.92 Å². The number of amides is 1. The van der Waals surface area contributed by atoms with Gasteiger partial charge in [-0.2, -0.15) is 8.42 Å². The zero-order chi connectivity index (χ0) is 17.5. The molecule has 0 aliphatic carbocycles. The van der Waals surface area contributed by atoms with Crippen LogP contribution in [0, 0.1) is 6.92 Å². The molecule has 0 saturated carbocycles. The molecule has 1 unspecified atom stereocenters. The number of carbonyl (C=O) groups is 2. The number of esters is 1. The third-order valence-electron chi connectivity index (χ3n) is 3.01. The molecule has 1 rings (SSSR count). The van der Waals surface area contributed by atoms with Gasteiger partial charge >= 0.3 is 5.97 Å². The number of ether oxygens (including phenoxy) is 1. The fourth-order valence-corrected chi connectivity index (χ4v) is 2.69. The Morgan fingerprint density at radius 2 is 1.87 bits per heavy atom. The summed E-state index contributed by atoms with van der Waals surface area (Å²) in [6.45, 7) is 1.49. The molecule has 0 aromatic heterocycles. The molecule has 1 N–H and O–H groups in total. The first kappa shape index (κ1) is 19.2. The SMILES string of the molecule is [B]C(=O)NC(CCC(=O)OC)COS(=O)(=O)c1ccc(C)cc1. The third kappa shape index (κ3) is 6.83. The molecule has 9 heteroatoms. The van der Waals surface area contributed by atoms with Crippen LogP contribution in [0.5, 0.6) is 0 Å². The van der Waals surface area contributed by atoms with E-state index in [4.69, 9.17) is 12.0 Å². The van der Waals surface area contributed by atoms with Crippen molar-refractivity contribution in [2.75, 3.05) is 13.7 Å². The van der Waals surface area contributed by atoms with E-state index in [-0.39, 0.29) is 24.3 Å². The first-order valence-electron chi connectivity index (χ1n) is 6.83. The normalized spacial score (nSPS) is 12.4. The summed E-state index contributed by atoms with van der Waals surface area (Å²) in [6, 6.07) is 5.41. The number of nitrogens with one attached hydrogen (secondary N) is 1. The maximum Gasteiger partial charge on any atom is 0.305 e. The lowest BCUT2D eigenvalue weighted by Crippen LogP contribution is -2.38. The summed E-state index contributed by atoms with van der Waals surface area (Å²) in [4.78, 5) is 22.1. The van der Waals surface area contributed by atoms with Crippen molar-refractivity contribution in [1.82, 2.24) is 5.32 Å². The Hall–Kier alpha value is -1.87. The molecule has 0 bridgehead atoms. The highest BCUT2D eigenvalue weighted by atomic mass is 32.2. The molecule has 1 atom stereocenters. The lowest BCUT2D eigenvalue weighted by Gasteiger charge is -2.17. The standard InChI is InChI=1S/C14H18BNO6S/c1-10-3-6-12(7-4-10)23(19,20)22-9-11(16-14(15)18)5-8-13(17)21-2/h3-4,6-7,11H,5,8-9H2,1-2H3,(H,16,18). The Bertz CT molecular complexity index is 644. The fourth-order valence-electron chi connectivity index (χ4n) is 1.74. The Morgan fingerprint density at radius 3 is 2.39 bits per heavy atom. The van der Waals surface area contributed by atoms with Gasteiger partial charge in [0.15, 0.2) is 5.81 Å². The van der Waals surface area contributed by atoms with Gasteiger partial charge in [-0.1, -0.05) is 17.7 Å². The molecule has 1 aromatic carbocycles. The molecule has 7 nitrogen and oxygen atoms in total. The number of hydrogen-bond acceptors (Lipinski definition) is 6. The number of aryl methyl sites for hydroxylation is 1. The summed E-state index contributed by atoms with van der Waals surface area (Å²) in [6.07, 6.45) is 0.133. The van der Waals surface area contributed by atoms with Gasteiger partial charge in [0.25, 0.3) is 10.1 Å². The van der Waals surface area contributed by atoms with Gasteiger partial charge in [0.05, 0.1) is 24.7 Å². The minimum Gasteiger partial charge on any atom is -0.469 e. The lowest BCUT2D eigenvalue weighted by atomic mass is 10.1. The van der Waals surface area contributed by atoms with Crippen LogP contribution in [0.1, 0.15) is 18.4 Å². The minimum atomic E-state index is -3.96. The van der Waals surface area contributed by atoms with Gasteiger partial charge in [-0.05, 0) is 25.5 Å². The Labute approximate surface area is 136 Å². The molecule has 1 aromatic rings. The van der Waals surface area contributed by atoms with Gasteiger partial charge in [0.2, 0.25) is 7.85 Å². The number of hydrogen-bond donors (Lipinski definition) is 1.